The maximum absolute atomic E-state index is 14.4. The highest BCUT2D eigenvalue weighted by atomic mass is 32.2. The number of hydrogen-bond acceptors (Lipinski definition) is 19. The zero-order valence-electron chi connectivity index (χ0n) is 51.5. The molecule has 0 aliphatic carbocycles. The van der Waals surface area contributed by atoms with Crippen LogP contribution in [0.15, 0.2) is 81.9 Å². The predicted octanol–water partition coefficient (Wildman–Crippen LogP) is 7.77. The number of carbonyl (C=O) groups is 4. The number of esters is 2. The van der Waals surface area contributed by atoms with Crippen molar-refractivity contribution in [2.75, 3.05) is 39.7 Å². The number of allylic oxidation sites excluding steroid dienone is 5. The van der Waals surface area contributed by atoms with E-state index in [1.165, 1.54) is 20.3 Å². The van der Waals surface area contributed by atoms with Gasteiger partial charge in [0.25, 0.3) is 0 Å². The molecule has 2 aromatic rings. The fraction of sp³-hybridized carbons (Fsp3) is 0.672. The third-order valence-corrected chi connectivity index (χ3v) is 18.6. The number of urea groups is 1. The lowest BCUT2D eigenvalue weighted by Gasteiger charge is -2.50. The molecule has 3 amide bonds. The minimum absolute atomic E-state index is 0.0175. The molecule has 0 saturated carbocycles. The lowest BCUT2D eigenvalue weighted by Crippen LogP contribution is -2.59. The van der Waals surface area contributed by atoms with E-state index in [2.05, 4.69) is 36.5 Å². The Morgan fingerprint density at radius 3 is 2.47 bits per heavy atom. The zero-order chi connectivity index (χ0) is 63.5. The summed E-state index contributed by atoms with van der Waals surface area (Å²) in [5, 5.41) is 60.2. The topological polar surface area (TPSA) is 285 Å². The Balaban J connectivity index is 0.992. The number of benzene rings is 1. The number of methoxy groups -OCH3 is 2. The summed E-state index contributed by atoms with van der Waals surface area (Å²) >= 11 is 1.84. The Bertz CT molecular complexity index is 2860. The summed E-state index contributed by atoms with van der Waals surface area (Å²) in [6, 6.07) is 3.41. The van der Waals surface area contributed by atoms with Gasteiger partial charge in [-0.1, -0.05) is 102 Å². The quantitative estimate of drug-likeness (QED) is 0.0332. The Kier molecular flexibility index (Phi) is 23.7. The number of fused-ring (bicyclic) bond motifs is 1. The lowest BCUT2D eigenvalue weighted by molar-refractivity contribution is -0.328. The monoisotopic (exact) mass is 1240 g/mol. The summed E-state index contributed by atoms with van der Waals surface area (Å²) in [4.78, 5) is 52.6. The second kappa shape index (κ2) is 30.1. The van der Waals surface area contributed by atoms with Gasteiger partial charge in [-0.3, -0.25) is 9.48 Å². The number of alkyl halides is 3. The number of aliphatic hydroxyl groups is 3. The van der Waals surface area contributed by atoms with E-state index >= 15 is 0 Å². The molecule has 22 nitrogen and oxygen atoms in total. The van der Waals surface area contributed by atoms with Gasteiger partial charge in [-0.15, -0.1) is 15.3 Å². The second-order valence-corrected chi connectivity index (χ2v) is 25.4. The van der Waals surface area contributed by atoms with Gasteiger partial charge < -0.3 is 64.4 Å². The standard InChI is InChI=1S/C61H87F3N8O14S/c1-33(2)54-38(7)48(29-59(79,86-54)40(9)53(75)39(8)55-45(80-10)16-14-15-34(3)25-36(5)52(74)37(6)26-35(4)27-47(81-11)57(77)85-55)84-56(76)43-20-19-41(60(69-70-60)61(62,63)64)28-46(43)83-24-23-82-31-42-30-72(71-68-42)22-21-65-50(73)18-13-12-17-49-51-44(32-87-49)66-58(78)67-51/h14-16,19-20,26-28,30,33,36-40,44-45,48-49,51-55,74-75,79H,12-13,17-18,21-25,29,31-32H2,1-11H3,(H,65,73)(H2,66,67,78)/b16-14+,34-15+,35-26+,47-27-/t36-,37+,38-,39-,40-,44-,45-,48+,49-,51-,52-,53+,54+,55+,59+/m0/s1. The van der Waals surface area contributed by atoms with Gasteiger partial charge in [-0.05, 0) is 63.2 Å². The summed E-state index contributed by atoms with van der Waals surface area (Å²) in [6.07, 6.45) is 2.41. The Hall–Kier alpha value is -5.90. The molecule has 0 radical (unpaired) electrons. The third kappa shape index (κ3) is 17.3. The molecular weight excluding hydrogens is 1160 g/mol. The number of halogens is 3. The summed E-state index contributed by atoms with van der Waals surface area (Å²) in [5.41, 5.74) is -1.42. The summed E-state index contributed by atoms with van der Waals surface area (Å²) in [6.45, 7) is 16.6. The van der Waals surface area contributed by atoms with Gasteiger partial charge in [-0.2, -0.15) is 24.9 Å². The van der Waals surface area contributed by atoms with E-state index in [1.807, 2.05) is 58.5 Å². The number of unbranched alkanes of at least 4 members (excludes halogenated alkanes) is 1. The third-order valence-electron chi connectivity index (χ3n) is 17.1. The van der Waals surface area contributed by atoms with Crippen LogP contribution in [0.4, 0.5) is 18.0 Å². The number of carbonyl (C=O) groups excluding carboxylic acids is 4. The molecule has 26 heteroatoms. The number of amides is 3. The largest absolute Gasteiger partial charge is 0.490 e. The first kappa shape index (κ1) is 68.6. The zero-order valence-corrected chi connectivity index (χ0v) is 52.3. The van der Waals surface area contributed by atoms with Crippen molar-refractivity contribution in [2.24, 2.45) is 45.7 Å². The minimum Gasteiger partial charge on any atom is -0.490 e. The molecule has 0 spiro atoms. The van der Waals surface area contributed by atoms with Crippen LogP contribution in [0.2, 0.25) is 0 Å². The van der Waals surface area contributed by atoms with E-state index in [9.17, 15) is 47.7 Å². The normalized spacial score (nSPS) is 31.7. The van der Waals surface area contributed by atoms with Crippen molar-refractivity contribution in [3.8, 4) is 5.75 Å². The van der Waals surface area contributed by atoms with Crippen LogP contribution in [-0.4, -0.2) is 160 Å². The molecule has 7 rings (SSSR count). The fourth-order valence-corrected chi connectivity index (χ4v) is 13.5. The number of nitrogens with zero attached hydrogens (tertiary/aromatic N) is 5. The van der Waals surface area contributed by atoms with Gasteiger partial charge in [-0.25, -0.2) is 14.4 Å². The molecule has 482 valence electrons. The van der Waals surface area contributed by atoms with Gasteiger partial charge in [0.05, 0.1) is 63.5 Å². The van der Waals surface area contributed by atoms with Gasteiger partial charge >= 0.3 is 29.8 Å². The first-order chi connectivity index (χ1) is 41.2. The van der Waals surface area contributed by atoms with E-state index < -0.39 is 89.5 Å². The molecule has 87 heavy (non-hydrogen) atoms. The average Bonchev–Trinajstić information content (AvgIpc) is 1.64. The van der Waals surface area contributed by atoms with Crippen molar-refractivity contribution in [1.29, 1.82) is 0 Å². The van der Waals surface area contributed by atoms with E-state index in [1.54, 1.807) is 50.7 Å². The van der Waals surface area contributed by atoms with Crippen molar-refractivity contribution < 1.29 is 80.8 Å². The van der Waals surface area contributed by atoms with E-state index in [0.717, 1.165) is 48.8 Å². The average molecular weight is 1250 g/mol. The first-order valence-electron chi connectivity index (χ1n) is 29.9. The minimum atomic E-state index is -4.89. The SMILES string of the molecule is CO/C1=C\C(C)=C\[C@@H](C)[C@@H](O)[C@@H](C)C/C(C)=C/C=C/[C@H](OC)[C@@H]([C@@H](C)[C@@H](O)[C@H](C)[C@@]2(O)C[C@@H](OC(=O)c3ccc(C4(C(F)(F)F)N=N4)cc3OCCOCc3cn(CCNC(=O)CCCC[C@@H]4SC[C@@H]5NC(=O)N[C@@H]54)nn3)[C@H](C)[C@@H](C(C)C)O2)OC1=O. The van der Waals surface area contributed by atoms with Crippen LogP contribution in [0.1, 0.15) is 122 Å². The highest BCUT2D eigenvalue weighted by Crippen LogP contribution is 2.53. The molecule has 1 aromatic carbocycles. The van der Waals surface area contributed by atoms with Crippen LogP contribution in [0.25, 0.3) is 0 Å². The summed E-state index contributed by atoms with van der Waals surface area (Å²) < 4.78 is 86.5. The van der Waals surface area contributed by atoms with Gasteiger partial charge in [0.2, 0.25) is 11.7 Å². The fourth-order valence-electron chi connectivity index (χ4n) is 11.9. The molecule has 1 aromatic heterocycles. The number of ether oxygens (including phenoxy) is 7. The molecule has 15 atom stereocenters. The van der Waals surface area contributed by atoms with E-state index in [-0.39, 0.29) is 85.1 Å². The van der Waals surface area contributed by atoms with Gasteiger partial charge in [0, 0.05) is 66.7 Å². The number of aliphatic hydroxyl groups excluding tert-OH is 2. The van der Waals surface area contributed by atoms with Crippen LogP contribution in [0, 0.1) is 35.5 Å². The van der Waals surface area contributed by atoms with Crippen LogP contribution in [0.3, 0.4) is 0 Å². The highest BCUT2D eigenvalue weighted by molar-refractivity contribution is 8.00. The van der Waals surface area contributed by atoms with Crippen LogP contribution in [-0.2, 0) is 56.8 Å². The van der Waals surface area contributed by atoms with Crippen LogP contribution >= 0.6 is 11.8 Å². The molecule has 0 bridgehead atoms. The number of rotatable bonds is 24. The Labute approximate surface area is 510 Å². The molecular formula is C61H87F3N8O14S. The number of aromatic nitrogens is 3. The molecule has 5 aliphatic rings. The maximum Gasteiger partial charge on any atom is 0.442 e. The molecule has 6 N–H and O–H groups in total. The molecule has 0 unspecified atom stereocenters. The Morgan fingerprint density at radius 1 is 1.03 bits per heavy atom. The van der Waals surface area contributed by atoms with Crippen molar-refractivity contribution in [1.82, 2.24) is 30.9 Å². The summed E-state index contributed by atoms with van der Waals surface area (Å²) in [5.74, 6) is -6.96. The van der Waals surface area contributed by atoms with Crippen LogP contribution in [0.5, 0.6) is 5.75 Å². The Morgan fingerprint density at radius 2 is 1.78 bits per heavy atom. The first-order valence-corrected chi connectivity index (χ1v) is 30.9. The predicted molar refractivity (Wildman–Crippen MR) is 315 cm³/mol. The number of nitrogens with one attached hydrogen (secondary N) is 3. The van der Waals surface area contributed by atoms with Crippen molar-refractivity contribution in [3.05, 3.63) is 88.5 Å². The van der Waals surface area contributed by atoms with Gasteiger partial charge in [0.15, 0.2) is 5.79 Å². The van der Waals surface area contributed by atoms with E-state index in [0.29, 0.717) is 42.4 Å². The highest BCUT2D eigenvalue weighted by Gasteiger charge is 2.65. The molecule has 3 fully saturated rings. The molecule has 5 aliphatic heterocycles. The van der Waals surface area contributed by atoms with Crippen molar-refractivity contribution >= 4 is 35.6 Å². The van der Waals surface area contributed by atoms with Crippen LogP contribution < -0.4 is 20.7 Å². The smallest absolute Gasteiger partial charge is 0.442 e. The number of thioether (sulfide) groups is 1. The maximum atomic E-state index is 14.4. The lowest BCUT2D eigenvalue weighted by atomic mass is 9.76. The summed E-state index contributed by atoms with van der Waals surface area (Å²) in [7, 11) is 2.75. The molecule has 3 saturated heterocycles. The molecule has 6 heterocycles. The van der Waals surface area contributed by atoms with E-state index in [4.69, 9.17) is 33.2 Å². The van der Waals surface area contributed by atoms with Gasteiger partial charge in [0.1, 0.15) is 41.9 Å². The number of hydrogen-bond donors (Lipinski definition) is 6. The number of cyclic esters (lactones) is 1. The second-order valence-electron chi connectivity index (χ2n) is 24.1. The van der Waals surface area contributed by atoms with Crippen molar-refractivity contribution in [2.45, 2.75) is 186 Å². The van der Waals surface area contributed by atoms with Crippen molar-refractivity contribution in [3.63, 3.8) is 0 Å².